The molecule has 1 unspecified atom stereocenters. The summed E-state index contributed by atoms with van der Waals surface area (Å²) >= 11 is 0. The quantitative estimate of drug-likeness (QED) is 0.400. The zero-order chi connectivity index (χ0) is 13.7. The van der Waals surface area contributed by atoms with E-state index in [-0.39, 0.29) is 0 Å². The molecule has 7 nitrogen and oxygen atoms in total. The largest absolute Gasteiger partial charge is 0.391 e. The van der Waals surface area contributed by atoms with Crippen molar-refractivity contribution in [3.05, 3.63) is 11.9 Å². The molecule has 19 heavy (non-hydrogen) atoms. The van der Waals surface area contributed by atoms with Crippen LogP contribution in [0.4, 0.5) is 11.6 Å². The molecular formula is C12H21N5O2. The Balaban J connectivity index is 1.90. The van der Waals surface area contributed by atoms with Crippen LogP contribution in [-0.2, 0) is 4.74 Å². The Morgan fingerprint density at radius 2 is 2.21 bits per heavy atom. The Labute approximate surface area is 112 Å². The molecule has 1 aliphatic rings. The van der Waals surface area contributed by atoms with Gasteiger partial charge < -0.3 is 20.6 Å². The summed E-state index contributed by atoms with van der Waals surface area (Å²) in [6.45, 7) is 0.962. The van der Waals surface area contributed by atoms with Crippen LogP contribution in [0, 0.1) is 0 Å². The first-order chi connectivity index (χ1) is 9.22. The molecule has 1 fully saturated rings. The standard InChI is InChI=1S/C12H21N5O2/c1-19-7-9(18)4-5-14-10-6-11(17-13)16-12(15-10)8-2-3-8/h6,8-9,18H,2-5,7,13H2,1H3,(H2,14,15,16,17). The SMILES string of the molecule is COCC(O)CCNc1cc(NN)nc(C2CC2)n1. The molecule has 0 aliphatic heterocycles. The van der Waals surface area contributed by atoms with Crippen LogP contribution < -0.4 is 16.6 Å². The summed E-state index contributed by atoms with van der Waals surface area (Å²) in [7, 11) is 1.57. The minimum atomic E-state index is -0.464. The molecule has 2 rings (SSSR count). The van der Waals surface area contributed by atoms with E-state index in [4.69, 9.17) is 10.6 Å². The fraction of sp³-hybridized carbons (Fsp3) is 0.667. The number of nitrogens with one attached hydrogen (secondary N) is 2. The van der Waals surface area contributed by atoms with Gasteiger partial charge in [0.1, 0.15) is 17.5 Å². The van der Waals surface area contributed by atoms with E-state index in [9.17, 15) is 5.11 Å². The predicted octanol–water partition coefficient (Wildman–Crippen LogP) is 0.449. The molecule has 0 bridgehead atoms. The van der Waals surface area contributed by atoms with E-state index in [2.05, 4.69) is 20.7 Å². The van der Waals surface area contributed by atoms with Gasteiger partial charge in [0.25, 0.3) is 0 Å². The van der Waals surface area contributed by atoms with Gasteiger partial charge >= 0.3 is 0 Å². The van der Waals surface area contributed by atoms with Gasteiger partial charge in [-0.1, -0.05) is 0 Å². The maximum Gasteiger partial charge on any atom is 0.145 e. The summed E-state index contributed by atoms with van der Waals surface area (Å²) in [5.41, 5.74) is 2.55. The van der Waals surface area contributed by atoms with Crippen molar-refractivity contribution >= 4 is 11.6 Å². The second kappa shape index (κ2) is 6.65. The lowest BCUT2D eigenvalue weighted by Crippen LogP contribution is -2.19. The third-order valence-electron chi connectivity index (χ3n) is 2.98. The summed E-state index contributed by atoms with van der Waals surface area (Å²) < 4.78 is 4.87. The lowest BCUT2D eigenvalue weighted by atomic mass is 10.2. The van der Waals surface area contributed by atoms with Crippen LogP contribution in [0.5, 0.6) is 0 Å². The molecule has 1 aromatic heterocycles. The van der Waals surface area contributed by atoms with Crippen LogP contribution in [0.2, 0.25) is 0 Å². The summed E-state index contributed by atoms with van der Waals surface area (Å²) in [6, 6.07) is 1.76. The van der Waals surface area contributed by atoms with Gasteiger partial charge in [0.2, 0.25) is 0 Å². The van der Waals surface area contributed by atoms with Gasteiger partial charge in [0.05, 0.1) is 12.7 Å². The highest BCUT2D eigenvalue weighted by molar-refractivity contribution is 5.47. The Bertz CT molecular complexity index is 411. The molecule has 7 heteroatoms. The molecule has 1 atom stereocenters. The van der Waals surface area contributed by atoms with Crippen molar-refractivity contribution in [2.75, 3.05) is 31.0 Å². The molecule has 5 N–H and O–H groups in total. The zero-order valence-corrected chi connectivity index (χ0v) is 11.1. The molecule has 1 aromatic rings. The normalized spacial score (nSPS) is 16.2. The van der Waals surface area contributed by atoms with E-state index in [1.807, 2.05) is 0 Å². The second-order valence-electron chi connectivity index (χ2n) is 4.74. The molecule has 1 saturated carbocycles. The number of rotatable bonds is 8. The summed E-state index contributed by atoms with van der Waals surface area (Å²) in [6.07, 6.45) is 2.41. The average molecular weight is 267 g/mol. The number of aliphatic hydroxyl groups is 1. The van der Waals surface area contributed by atoms with E-state index in [1.165, 1.54) is 0 Å². The number of nitrogens with two attached hydrogens (primary N) is 1. The fourth-order valence-corrected chi connectivity index (χ4v) is 1.80. The number of hydrazine groups is 1. The number of hydrogen-bond acceptors (Lipinski definition) is 7. The number of hydrogen-bond donors (Lipinski definition) is 4. The van der Waals surface area contributed by atoms with Crippen molar-refractivity contribution in [1.82, 2.24) is 9.97 Å². The lowest BCUT2D eigenvalue weighted by molar-refractivity contribution is 0.0615. The molecule has 0 aromatic carbocycles. The molecular weight excluding hydrogens is 246 g/mol. The molecule has 0 spiro atoms. The Hall–Kier alpha value is -1.44. The third kappa shape index (κ3) is 4.30. The van der Waals surface area contributed by atoms with Crippen LogP contribution in [0.3, 0.4) is 0 Å². The number of aliphatic hydroxyl groups excluding tert-OH is 1. The van der Waals surface area contributed by atoms with Crippen LogP contribution >= 0.6 is 0 Å². The van der Waals surface area contributed by atoms with Crippen molar-refractivity contribution in [1.29, 1.82) is 0 Å². The van der Waals surface area contributed by atoms with Gasteiger partial charge in [0, 0.05) is 25.6 Å². The van der Waals surface area contributed by atoms with Gasteiger partial charge in [0.15, 0.2) is 0 Å². The minimum absolute atomic E-state index is 0.342. The molecule has 1 aliphatic carbocycles. The Morgan fingerprint density at radius 3 is 2.84 bits per heavy atom. The summed E-state index contributed by atoms with van der Waals surface area (Å²) in [5, 5.41) is 12.7. The molecule has 0 radical (unpaired) electrons. The van der Waals surface area contributed by atoms with E-state index in [1.54, 1.807) is 13.2 Å². The first-order valence-corrected chi connectivity index (χ1v) is 6.49. The molecule has 1 heterocycles. The first-order valence-electron chi connectivity index (χ1n) is 6.49. The van der Waals surface area contributed by atoms with Crippen LogP contribution in [0.1, 0.15) is 31.0 Å². The predicted molar refractivity (Wildman–Crippen MR) is 72.8 cm³/mol. The van der Waals surface area contributed by atoms with Crippen LogP contribution in [0.25, 0.3) is 0 Å². The van der Waals surface area contributed by atoms with Gasteiger partial charge in [-0.2, -0.15) is 0 Å². The number of nitrogen functional groups attached to an aromatic ring is 1. The topological polar surface area (TPSA) is 105 Å². The first kappa shape index (κ1) is 14.0. The van der Waals surface area contributed by atoms with E-state index >= 15 is 0 Å². The Morgan fingerprint density at radius 1 is 1.47 bits per heavy atom. The van der Waals surface area contributed by atoms with E-state index in [0.29, 0.717) is 31.3 Å². The van der Waals surface area contributed by atoms with Crippen molar-refractivity contribution in [2.45, 2.75) is 31.3 Å². The van der Waals surface area contributed by atoms with E-state index < -0.39 is 6.10 Å². The minimum Gasteiger partial charge on any atom is -0.391 e. The summed E-state index contributed by atoms with van der Waals surface area (Å²) in [5.74, 6) is 8.03. The number of aromatic nitrogens is 2. The fourth-order valence-electron chi connectivity index (χ4n) is 1.80. The smallest absolute Gasteiger partial charge is 0.145 e. The number of nitrogens with zero attached hydrogens (tertiary/aromatic N) is 2. The van der Waals surface area contributed by atoms with E-state index in [0.717, 1.165) is 24.5 Å². The average Bonchev–Trinajstić information content (AvgIpc) is 3.23. The number of anilines is 2. The van der Waals surface area contributed by atoms with Crippen LogP contribution in [-0.4, -0.2) is 41.4 Å². The maximum atomic E-state index is 9.55. The maximum absolute atomic E-state index is 9.55. The number of ether oxygens (including phenoxy) is 1. The second-order valence-corrected chi connectivity index (χ2v) is 4.74. The highest BCUT2D eigenvalue weighted by Gasteiger charge is 2.27. The third-order valence-corrected chi connectivity index (χ3v) is 2.98. The van der Waals surface area contributed by atoms with Crippen molar-refractivity contribution in [3.63, 3.8) is 0 Å². The highest BCUT2D eigenvalue weighted by atomic mass is 16.5. The highest BCUT2D eigenvalue weighted by Crippen LogP contribution is 2.38. The molecule has 106 valence electrons. The van der Waals surface area contributed by atoms with Crippen molar-refractivity contribution in [3.8, 4) is 0 Å². The monoisotopic (exact) mass is 267 g/mol. The number of methoxy groups -OCH3 is 1. The van der Waals surface area contributed by atoms with Gasteiger partial charge in [-0.05, 0) is 19.3 Å². The van der Waals surface area contributed by atoms with Gasteiger partial charge in [-0.15, -0.1) is 0 Å². The summed E-state index contributed by atoms with van der Waals surface area (Å²) in [4.78, 5) is 8.79. The molecule has 0 amide bonds. The van der Waals surface area contributed by atoms with Gasteiger partial charge in [-0.3, -0.25) is 0 Å². The zero-order valence-electron chi connectivity index (χ0n) is 11.1. The molecule has 0 saturated heterocycles. The van der Waals surface area contributed by atoms with Crippen molar-refractivity contribution < 1.29 is 9.84 Å². The van der Waals surface area contributed by atoms with Crippen molar-refractivity contribution in [2.24, 2.45) is 5.84 Å². The van der Waals surface area contributed by atoms with Gasteiger partial charge in [-0.25, -0.2) is 15.8 Å². The lowest BCUT2D eigenvalue weighted by Gasteiger charge is -2.12. The Kier molecular flexibility index (Phi) is 4.89. The van der Waals surface area contributed by atoms with Crippen LogP contribution in [0.15, 0.2) is 6.07 Å².